The third-order valence-corrected chi connectivity index (χ3v) is 4.16. The highest BCUT2D eigenvalue weighted by atomic mass is 16.3. The van der Waals surface area contributed by atoms with Crippen LogP contribution in [0.5, 0.6) is 0 Å². The first-order chi connectivity index (χ1) is 13.4. The van der Waals surface area contributed by atoms with E-state index in [0.29, 0.717) is 23.0 Å². The molecule has 0 bridgehead atoms. The molecule has 3 rings (SSSR count). The predicted molar refractivity (Wildman–Crippen MR) is 107 cm³/mol. The maximum absolute atomic E-state index is 12.3. The SMILES string of the molecule is Cc1cc(C)cc(Nc2nccc(-c3cc(C(=O)N[C@H](C)CO)n(C)n3)n2)c1. The highest BCUT2D eigenvalue weighted by molar-refractivity contribution is 5.93. The van der Waals surface area contributed by atoms with Gasteiger partial charge >= 0.3 is 0 Å². The van der Waals surface area contributed by atoms with E-state index in [1.54, 1.807) is 32.3 Å². The first-order valence-electron chi connectivity index (χ1n) is 9.00. The fraction of sp³-hybridized carbons (Fsp3) is 0.300. The van der Waals surface area contributed by atoms with Gasteiger partial charge in [-0.15, -0.1) is 0 Å². The molecule has 0 saturated carbocycles. The number of aromatic nitrogens is 4. The molecule has 2 heterocycles. The van der Waals surface area contributed by atoms with E-state index < -0.39 is 0 Å². The smallest absolute Gasteiger partial charge is 0.269 e. The molecule has 28 heavy (non-hydrogen) atoms. The Labute approximate surface area is 163 Å². The van der Waals surface area contributed by atoms with Crippen LogP contribution in [0.3, 0.4) is 0 Å². The number of hydrogen-bond acceptors (Lipinski definition) is 6. The number of nitrogens with one attached hydrogen (secondary N) is 2. The van der Waals surface area contributed by atoms with Gasteiger partial charge in [-0.25, -0.2) is 9.97 Å². The van der Waals surface area contributed by atoms with Crippen molar-refractivity contribution < 1.29 is 9.90 Å². The van der Waals surface area contributed by atoms with Gasteiger partial charge in [-0.1, -0.05) is 6.07 Å². The Bertz CT molecular complexity index is 978. The Morgan fingerprint density at radius 3 is 2.57 bits per heavy atom. The molecule has 1 aromatic carbocycles. The molecule has 0 aliphatic rings. The van der Waals surface area contributed by atoms with Crippen LogP contribution in [-0.2, 0) is 7.05 Å². The van der Waals surface area contributed by atoms with Crippen molar-refractivity contribution in [3.8, 4) is 11.4 Å². The summed E-state index contributed by atoms with van der Waals surface area (Å²) in [6, 6.07) is 9.22. The van der Waals surface area contributed by atoms with Crippen molar-refractivity contribution in [1.82, 2.24) is 25.1 Å². The number of aliphatic hydroxyl groups excluding tert-OH is 1. The van der Waals surface area contributed by atoms with Gasteiger partial charge in [0.1, 0.15) is 11.4 Å². The fourth-order valence-corrected chi connectivity index (χ4v) is 2.89. The number of carbonyl (C=O) groups is 1. The number of anilines is 2. The highest BCUT2D eigenvalue weighted by Crippen LogP contribution is 2.21. The van der Waals surface area contributed by atoms with E-state index in [9.17, 15) is 4.79 Å². The lowest BCUT2D eigenvalue weighted by Crippen LogP contribution is -2.36. The van der Waals surface area contributed by atoms with E-state index in [2.05, 4.69) is 31.8 Å². The molecule has 0 unspecified atom stereocenters. The van der Waals surface area contributed by atoms with Gasteiger partial charge in [-0.2, -0.15) is 5.10 Å². The molecule has 0 saturated heterocycles. The Hall–Kier alpha value is -3.26. The minimum Gasteiger partial charge on any atom is -0.394 e. The van der Waals surface area contributed by atoms with Crippen LogP contribution in [0.1, 0.15) is 28.5 Å². The molecule has 8 nitrogen and oxygen atoms in total. The molecule has 1 atom stereocenters. The number of rotatable bonds is 6. The largest absolute Gasteiger partial charge is 0.394 e. The summed E-state index contributed by atoms with van der Waals surface area (Å²) in [5.41, 5.74) is 4.76. The fourth-order valence-electron chi connectivity index (χ4n) is 2.89. The second-order valence-corrected chi connectivity index (χ2v) is 6.86. The van der Waals surface area contributed by atoms with E-state index >= 15 is 0 Å². The zero-order valence-corrected chi connectivity index (χ0v) is 16.4. The molecule has 0 radical (unpaired) electrons. The van der Waals surface area contributed by atoms with E-state index in [1.165, 1.54) is 4.68 Å². The minimum absolute atomic E-state index is 0.129. The molecular weight excluding hydrogens is 356 g/mol. The van der Waals surface area contributed by atoms with Crippen molar-refractivity contribution in [3.05, 3.63) is 53.3 Å². The van der Waals surface area contributed by atoms with Crippen LogP contribution < -0.4 is 10.6 Å². The molecule has 3 aromatic rings. The highest BCUT2D eigenvalue weighted by Gasteiger charge is 2.17. The van der Waals surface area contributed by atoms with Crippen LogP contribution in [0.15, 0.2) is 36.5 Å². The van der Waals surface area contributed by atoms with E-state index in [0.717, 1.165) is 16.8 Å². The number of hydrogen-bond donors (Lipinski definition) is 3. The van der Waals surface area contributed by atoms with Crippen molar-refractivity contribution >= 4 is 17.5 Å². The van der Waals surface area contributed by atoms with Gasteiger partial charge in [-0.05, 0) is 56.2 Å². The Kier molecular flexibility index (Phi) is 5.70. The van der Waals surface area contributed by atoms with Crippen molar-refractivity contribution in [1.29, 1.82) is 0 Å². The molecule has 0 fully saturated rings. The first-order valence-corrected chi connectivity index (χ1v) is 9.00. The molecule has 0 aliphatic carbocycles. The summed E-state index contributed by atoms with van der Waals surface area (Å²) in [5.74, 6) is 0.151. The summed E-state index contributed by atoms with van der Waals surface area (Å²) < 4.78 is 1.49. The van der Waals surface area contributed by atoms with Crippen molar-refractivity contribution in [2.75, 3.05) is 11.9 Å². The molecule has 8 heteroatoms. The summed E-state index contributed by atoms with van der Waals surface area (Å²) in [5, 5.41) is 19.4. The summed E-state index contributed by atoms with van der Waals surface area (Å²) in [6.07, 6.45) is 1.65. The van der Waals surface area contributed by atoms with Gasteiger partial charge in [0.05, 0.1) is 12.3 Å². The second kappa shape index (κ2) is 8.18. The average Bonchev–Trinajstić information content (AvgIpc) is 3.03. The summed E-state index contributed by atoms with van der Waals surface area (Å²) in [6.45, 7) is 5.67. The van der Waals surface area contributed by atoms with Gasteiger partial charge in [0.15, 0.2) is 0 Å². The Morgan fingerprint density at radius 2 is 1.89 bits per heavy atom. The van der Waals surface area contributed by atoms with Crippen LogP contribution >= 0.6 is 0 Å². The van der Waals surface area contributed by atoms with Crippen LogP contribution in [-0.4, -0.2) is 43.4 Å². The Morgan fingerprint density at radius 1 is 1.18 bits per heavy atom. The predicted octanol–water partition coefficient (Wildman–Crippen LogP) is 2.35. The molecule has 3 N–H and O–H groups in total. The lowest BCUT2D eigenvalue weighted by Gasteiger charge is -2.10. The van der Waals surface area contributed by atoms with E-state index in [-0.39, 0.29) is 18.6 Å². The minimum atomic E-state index is -0.335. The average molecular weight is 380 g/mol. The number of nitrogens with zero attached hydrogens (tertiary/aromatic N) is 4. The van der Waals surface area contributed by atoms with E-state index in [1.807, 2.05) is 26.0 Å². The zero-order chi connectivity index (χ0) is 20.3. The first kappa shape index (κ1) is 19.5. The summed E-state index contributed by atoms with van der Waals surface area (Å²) >= 11 is 0. The van der Waals surface area contributed by atoms with Crippen LogP contribution in [0.25, 0.3) is 11.4 Å². The van der Waals surface area contributed by atoms with Gasteiger partial charge in [-0.3, -0.25) is 9.48 Å². The zero-order valence-electron chi connectivity index (χ0n) is 16.4. The standard InChI is InChI=1S/C20H24N6O2/c1-12-7-13(2)9-15(8-12)23-20-21-6-5-16(24-20)17-10-18(26(4)25-17)19(28)22-14(3)11-27/h5-10,14,27H,11H2,1-4H3,(H,22,28)(H,21,23,24)/t14-/m1/s1. The lowest BCUT2D eigenvalue weighted by molar-refractivity contribution is 0.0913. The molecule has 146 valence electrons. The van der Waals surface area contributed by atoms with Crippen molar-refractivity contribution in [2.45, 2.75) is 26.8 Å². The third-order valence-electron chi connectivity index (χ3n) is 4.16. The number of amides is 1. The normalized spacial score (nSPS) is 11.9. The molecule has 0 aliphatic heterocycles. The third kappa shape index (κ3) is 4.52. The number of aryl methyl sites for hydroxylation is 3. The van der Waals surface area contributed by atoms with Gasteiger partial charge in [0.2, 0.25) is 5.95 Å². The molecule has 2 aromatic heterocycles. The quantitative estimate of drug-likeness (QED) is 0.606. The maximum atomic E-state index is 12.3. The van der Waals surface area contributed by atoms with Crippen LogP contribution in [0, 0.1) is 13.8 Å². The number of benzene rings is 1. The van der Waals surface area contributed by atoms with Crippen molar-refractivity contribution in [3.63, 3.8) is 0 Å². The second-order valence-electron chi connectivity index (χ2n) is 6.86. The topological polar surface area (TPSA) is 105 Å². The number of aliphatic hydroxyl groups is 1. The van der Waals surface area contributed by atoms with Crippen LogP contribution in [0.2, 0.25) is 0 Å². The van der Waals surface area contributed by atoms with Crippen LogP contribution in [0.4, 0.5) is 11.6 Å². The molecule has 1 amide bonds. The Balaban J connectivity index is 1.84. The monoisotopic (exact) mass is 380 g/mol. The maximum Gasteiger partial charge on any atom is 0.269 e. The lowest BCUT2D eigenvalue weighted by atomic mass is 10.1. The summed E-state index contributed by atoms with van der Waals surface area (Å²) in [7, 11) is 1.69. The van der Waals surface area contributed by atoms with E-state index in [4.69, 9.17) is 5.11 Å². The summed E-state index contributed by atoms with van der Waals surface area (Å²) in [4.78, 5) is 21.1. The van der Waals surface area contributed by atoms with Crippen molar-refractivity contribution in [2.24, 2.45) is 7.05 Å². The van der Waals surface area contributed by atoms with Gasteiger partial charge < -0.3 is 15.7 Å². The van der Waals surface area contributed by atoms with Gasteiger partial charge in [0.25, 0.3) is 5.91 Å². The van der Waals surface area contributed by atoms with Gasteiger partial charge in [0, 0.05) is 25.0 Å². The number of carbonyl (C=O) groups excluding carboxylic acids is 1. The molecule has 0 spiro atoms. The molecular formula is C20H24N6O2.